The van der Waals surface area contributed by atoms with Gasteiger partial charge >= 0.3 is 5.97 Å². The first kappa shape index (κ1) is 20.4. The van der Waals surface area contributed by atoms with Gasteiger partial charge in [0.2, 0.25) is 23.6 Å². The van der Waals surface area contributed by atoms with Gasteiger partial charge < -0.3 is 32.1 Å². The van der Waals surface area contributed by atoms with E-state index in [0.29, 0.717) is 19.4 Å². The van der Waals surface area contributed by atoms with Crippen molar-refractivity contribution in [1.29, 1.82) is 0 Å². The largest absolute Gasteiger partial charge is 0.480 e. The summed E-state index contributed by atoms with van der Waals surface area (Å²) < 4.78 is 0. The molecule has 1 rings (SSSR count). The number of carboxylic acids is 1. The van der Waals surface area contributed by atoms with Crippen molar-refractivity contribution in [1.82, 2.24) is 15.5 Å². The third-order valence-electron chi connectivity index (χ3n) is 3.79. The fraction of sp³-hybridized carbons (Fsp3) is 0.643. The summed E-state index contributed by atoms with van der Waals surface area (Å²) in [6.45, 7) is -0.223. The van der Waals surface area contributed by atoms with Crippen LogP contribution >= 0.6 is 0 Å². The van der Waals surface area contributed by atoms with Crippen LogP contribution in [0.1, 0.15) is 25.7 Å². The maximum absolute atomic E-state index is 12.1. The molecule has 0 aromatic carbocycles. The van der Waals surface area contributed by atoms with Crippen LogP contribution in [0.3, 0.4) is 0 Å². The Balaban J connectivity index is 2.48. The predicted octanol–water partition coefficient (Wildman–Crippen LogP) is -3.11. The number of nitrogens with two attached hydrogens (primary N) is 2. The Morgan fingerprint density at radius 1 is 1.24 bits per heavy atom. The number of rotatable bonds is 9. The van der Waals surface area contributed by atoms with Gasteiger partial charge in [-0.15, -0.1) is 0 Å². The molecule has 4 amide bonds. The van der Waals surface area contributed by atoms with E-state index in [9.17, 15) is 24.0 Å². The molecule has 0 spiro atoms. The van der Waals surface area contributed by atoms with Gasteiger partial charge in [-0.1, -0.05) is 0 Å². The third kappa shape index (κ3) is 6.37. The molecule has 0 radical (unpaired) electrons. The number of likely N-dealkylation sites (tertiary alicyclic amines) is 1. The molecule has 11 nitrogen and oxygen atoms in total. The number of nitrogens with zero attached hydrogens (tertiary/aromatic N) is 1. The first-order valence-electron chi connectivity index (χ1n) is 7.84. The number of hydrogen-bond acceptors (Lipinski definition) is 6. The monoisotopic (exact) mass is 357 g/mol. The standard InChI is InChI=1S/C14H23N5O6/c15-6-12(22)19-5-1-2-9(19)13(23)17-7-11(21)18-8(14(24)25)3-4-10(16)20/h8-9H,1-7,15H2,(H2,16,20)(H,17,23)(H,18,21)(H,24,25)/t8-,9-/m0/s1. The summed E-state index contributed by atoms with van der Waals surface area (Å²) in [5, 5.41) is 13.6. The Morgan fingerprint density at radius 2 is 1.92 bits per heavy atom. The molecule has 1 fully saturated rings. The third-order valence-corrected chi connectivity index (χ3v) is 3.79. The fourth-order valence-electron chi connectivity index (χ4n) is 2.53. The zero-order chi connectivity index (χ0) is 19.0. The molecule has 0 saturated carbocycles. The molecule has 1 heterocycles. The van der Waals surface area contributed by atoms with Crippen LogP contribution < -0.4 is 22.1 Å². The molecule has 0 bridgehead atoms. The molecule has 1 aliphatic heterocycles. The maximum atomic E-state index is 12.1. The number of carbonyl (C=O) groups excluding carboxylic acids is 4. The molecule has 140 valence electrons. The van der Waals surface area contributed by atoms with E-state index in [1.807, 2.05) is 0 Å². The van der Waals surface area contributed by atoms with E-state index >= 15 is 0 Å². The number of amides is 4. The van der Waals surface area contributed by atoms with Crippen LogP contribution in [0, 0.1) is 0 Å². The maximum Gasteiger partial charge on any atom is 0.326 e. The zero-order valence-electron chi connectivity index (χ0n) is 13.7. The van der Waals surface area contributed by atoms with Crippen molar-refractivity contribution in [2.24, 2.45) is 11.5 Å². The summed E-state index contributed by atoms with van der Waals surface area (Å²) in [5.41, 5.74) is 10.2. The molecule has 0 aromatic rings. The average Bonchev–Trinajstić information content (AvgIpc) is 3.04. The van der Waals surface area contributed by atoms with Crippen LogP contribution in [-0.4, -0.2) is 71.3 Å². The van der Waals surface area contributed by atoms with Crippen molar-refractivity contribution in [2.45, 2.75) is 37.8 Å². The molecular weight excluding hydrogens is 334 g/mol. The highest BCUT2D eigenvalue weighted by Crippen LogP contribution is 2.17. The van der Waals surface area contributed by atoms with Gasteiger partial charge in [-0.2, -0.15) is 0 Å². The summed E-state index contributed by atoms with van der Waals surface area (Å²) >= 11 is 0. The van der Waals surface area contributed by atoms with Crippen LogP contribution in [0.5, 0.6) is 0 Å². The van der Waals surface area contributed by atoms with Crippen molar-refractivity contribution in [3.63, 3.8) is 0 Å². The van der Waals surface area contributed by atoms with Gasteiger partial charge in [0.05, 0.1) is 13.1 Å². The Bertz CT molecular complexity index is 552. The normalized spacial score (nSPS) is 17.6. The second-order valence-electron chi connectivity index (χ2n) is 5.63. The van der Waals surface area contributed by atoms with Gasteiger partial charge in [0.1, 0.15) is 12.1 Å². The molecule has 1 saturated heterocycles. The molecule has 1 aliphatic rings. The van der Waals surface area contributed by atoms with Crippen LogP contribution in [0.4, 0.5) is 0 Å². The van der Waals surface area contributed by atoms with E-state index in [-0.39, 0.29) is 25.3 Å². The van der Waals surface area contributed by atoms with Crippen LogP contribution in [0.25, 0.3) is 0 Å². The summed E-state index contributed by atoms with van der Waals surface area (Å²) in [6, 6.07) is -1.97. The quantitative estimate of drug-likeness (QED) is 0.289. The fourth-order valence-corrected chi connectivity index (χ4v) is 2.53. The van der Waals surface area contributed by atoms with Gasteiger partial charge in [-0.3, -0.25) is 19.2 Å². The van der Waals surface area contributed by atoms with Gasteiger partial charge in [-0.05, 0) is 19.3 Å². The summed E-state index contributed by atoms with van der Waals surface area (Å²) in [7, 11) is 0. The molecule has 0 unspecified atom stereocenters. The lowest BCUT2D eigenvalue weighted by Gasteiger charge is -2.23. The van der Waals surface area contributed by atoms with E-state index in [2.05, 4.69) is 10.6 Å². The number of aliphatic carboxylic acids is 1. The first-order chi connectivity index (χ1) is 11.8. The summed E-state index contributed by atoms with van der Waals surface area (Å²) in [4.78, 5) is 58.7. The zero-order valence-corrected chi connectivity index (χ0v) is 13.7. The molecule has 0 aromatic heterocycles. The minimum Gasteiger partial charge on any atom is -0.480 e. The molecular formula is C14H23N5O6. The highest BCUT2D eigenvalue weighted by Gasteiger charge is 2.33. The predicted molar refractivity (Wildman–Crippen MR) is 84.8 cm³/mol. The van der Waals surface area contributed by atoms with Crippen LogP contribution in [0.2, 0.25) is 0 Å². The van der Waals surface area contributed by atoms with Gasteiger partial charge in [-0.25, -0.2) is 4.79 Å². The van der Waals surface area contributed by atoms with Gasteiger partial charge in [0.25, 0.3) is 0 Å². The lowest BCUT2D eigenvalue weighted by molar-refractivity contribution is -0.142. The lowest BCUT2D eigenvalue weighted by Crippen LogP contribution is -2.51. The van der Waals surface area contributed by atoms with Crippen molar-refractivity contribution in [2.75, 3.05) is 19.6 Å². The van der Waals surface area contributed by atoms with Crippen molar-refractivity contribution in [3.8, 4) is 0 Å². The Kier molecular flexibility index (Phi) is 7.79. The second kappa shape index (κ2) is 9.57. The van der Waals surface area contributed by atoms with E-state index < -0.39 is 42.3 Å². The van der Waals surface area contributed by atoms with Crippen molar-refractivity contribution < 1.29 is 29.1 Å². The van der Waals surface area contributed by atoms with E-state index in [4.69, 9.17) is 16.6 Å². The van der Waals surface area contributed by atoms with E-state index in [1.165, 1.54) is 4.90 Å². The smallest absolute Gasteiger partial charge is 0.326 e. The lowest BCUT2D eigenvalue weighted by atomic mass is 10.1. The van der Waals surface area contributed by atoms with E-state index in [0.717, 1.165) is 0 Å². The van der Waals surface area contributed by atoms with E-state index in [1.54, 1.807) is 0 Å². The Hall–Kier alpha value is -2.69. The van der Waals surface area contributed by atoms with Crippen molar-refractivity contribution in [3.05, 3.63) is 0 Å². The first-order valence-corrected chi connectivity index (χ1v) is 7.84. The van der Waals surface area contributed by atoms with Gasteiger partial charge in [0, 0.05) is 13.0 Å². The van der Waals surface area contributed by atoms with Crippen LogP contribution in [-0.2, 0) is 24.0 Å². The topological polar surface area (TPSA) is 185 Å². The number of primary amides is 1. The molecule has 25 heavy (non-hydrogen) atoms. The van der Waals surface area contributed by atoms with Gasteiger partial charge in [0.15, 0.2) is 0 Å². The highest BCUT2D eigenvalue weighted by atomic mass is 16.4. The molecule has 11 heteroatoms. The minimum atomic E-state index is -1.31. The second-order valence-corrected chi connectivity index (χ2v) is 5.63. The Morgan fingerprint density at radius 3 is 2.48 bits per heavy atom. The average molecular weight is 357 g/mol. The number of carbonyl (C=O) groups is 5. The molecule has 0 aliphatic carbocycles. The Labute approximate surface area is 144 Å². The highest BCUT2D eigenvalue weighted by molar-refractivity contribution is 5.92. The number of carboxylic acid groups (broad SMARTS) is 1. The number of hydrogen-bond donors (Lipinski definition) is 5. The summed E-state index contributed by atoms with van der Waals surface area (Å²) in [6.07, 6.45) is 0.785. The minimum absolute atomic E-state index is 0.147. The molecule has 2 atom stereocenters. The summed E-state index contributed by atoms with van der Waals surface area (Å²) in [5.74, 6) is -3.56. The molecule has 7 N–H and O–H groups in total. The SMILES string of the molecule is NCC(=O)N1CCC[C@H]1C(=O)NCC(=O)N[C@@H](CCC(N)=O)C(=O)O. The number of nitrogens with one attached hydrogen (secondary N) is 2. The van der Waals surface area contributed by atoms with Crippen molar-refractivity contribution >= 4 is 29.6 Å². The van der Waals surface area contributed by atoms with Crippen LogP contribution in [0.15, 0.2) is 0 Å².